The largest absolute Gasteiger partial charge is 0.364 e. The molecule has 1 aromatic heterocycles. The van der Waals surface area contributed by atoms with Crippen LogP contribution < -0.4 is 0 Å². The molecule has 14 heavy (non-hydrogen) atoms. The lowest BCUT2D eigenvalue weighted by molar-refractivity contribution is 0.0812. The van der Waals surface area contributed by atoms with Crippen molar-refractivity contribution in [2.24, 2.45) is 5.41 Å². The van der Waals surface area contributed by atoms with Gasteiger partial charge in [-0.05, 0) is 0 Å². The summed E-state index contributed by atoms with van der Waals surface area (Å²) >= 11 is 0. The molecule has 4 nitrogen and oxygen atoms in total. The van der Waals surface area contributed by atoms with Crippen LogP contribution in [0.1, 0.15) is 31.4 Å². The van der Waals surface area contributed by atoms with E-state index in [9.17, 15) is 4.79 Å². The predicted molar refractivity (Wildman–Crippen MR) is 53.0 cm³/mol. The zero-order valence-electron chi connectivity index (χ0n) is 9.07. The van der Waals surface area contributed by atoms with E-state index in [1.165, 1.54) is 0 Å². The number of hydrogen-bond acceptors (Lipinski definition) is 3. The fraction of sp³-hybridized carbons (Fsp3) is 0.600. The standard InChI is InChI=1S/C10H16N2O2/c1-10(2,3)8(13)9-11-5-6-12(9)7-14-4/h5-6H,7H2,1-4H3. The van der Waals surface area contributed by atoms with E-state index < -0.39 is 5.41 Å². The number of hydrogen-bond donors (Lipinski definition) is 0. The van der Waals surface area contributed by atoms with Gasteiger partial charge in [0.25, 0.3) is 0 Å². The van der Waals surface area contributed by atoms with Crippen LogP contribution in [0, 0.1) is 5.41 Å². The molecule has 0 aliphatic heterocycles. The summed E-state index contributed by atoms with van der Waals surface area (Å²) in [5, 5.41) is 0. The van der Waals surface area contributed by atoms with Gasteiger partial charge in [-0.25, -0.2) is 4.98 Å². The van der Waals surface area contributed by atoms with E-state index in [1.807, 2.05) is 20.8 Å². The molecule has 4 heteroatoms. The number of ether oxygens (including phenoxy) is 1. The predicted octanol–water partition coefficient (Wildman–Crippen LogP) is 1.72. The van der Waals surface area contributed by atoms with Crippen molar-refractivity contribution in [2.75, 3.05) is 7.11 Å². The first kappa shape index (κ1) is 10.9. The molecule has 0 bridgehead atoms. The number of rotatable bonds is 3. The van der Waals surface area contributed by atoms with Gasteiger partial charge in [0, 0.05) is 24.9 Å². The summed E-state index contributed by atoms with van der Waals surface area (Å²) in [6, 6.07) is 0. The minimum absolute atomic E-state index is 0.0274. The Bertz CT molecular complexity index is 323. The third kappa shape index (κ3) is 2.20. The summed E-state index contributed by atoms with van der Waals surface area (Å²) in [6.45, 7) is 5.99. The van der Waals surface area contributed by atoms with Crippen LogP contribution in [0.15, 0.2) is 12.4 Å². The number of carbonyl (C=O) groups excluding carboxylic acids is 1. The van der Waals surface area contributed by atoms with E-state index in [1.54, 1.807) is 24.1 Å². The van der Waals surface area contributed by atoms with Crippen molar-refractivity contribution in [1.29, 1.82) is 0 Å². The summed E-state index contributed by atoms with van der Waals surface area (Å²) in [5.74, 6) is 0.485. The fourth-order valence-electron chi connectivity index (χ4n) is 1.10. The van der Waals surface area contributed by atoms with Gasteiger partial charge in [-0.3, -0.25) is 4.79 Å². The molecule has 1 aromatic rings. The van der Waals surface area contributed by atoms with Crippen LogP contribution in [0.3, 0.4) is 0 Å². The Morgan fingerprint density at radius 1 is 1.57 bits per heavy atom. The van der Waals surface area contributed by atoms with Crippen molar-refractivity contribution in [3.05, 3.63) is 18.2 Å². The van der Waals surface area contributed by atoms with Gasteiger partial charge in [-0.1, -0.05) is 20.8 Å². The smallest absolute Gasteiger partial charge is 0.203 e. The molecule has 0 fully saturated rings. The lowest BCUT2D eigenvalue weighted by Crippen LogP contribution is -2.24. The van der Waals surface area contributed by atoms with Crippen LogP contribution in [0.5, 0.6) is 0 Å². The second kappa shape index (κ2) is 3.92. The first-order valence-electron chi connectivity index (χ1n) is 4.51. The molecule has 0 saturated carbocycles. The molecule has 0 unspecified atom stereocenters. The van der Waals surface area contributed by atoms with E-state index in [-0.39, 0.29) is 5.78 Å². The van der Waals surface area contributed by atoms with Gasteiger partial charge in [-0.15, -0.1) is 0 Å². The van der Waals surface area contributed by atoms with Crippen molar-refractivity contribution < 1.29 is 9.53 Å². The summed E-state index contributed by atoms with van der Waals surface area (Å²) in [7, 11) is 1.59. The topological polar surface area (TPSA) is 44.1 Å². The Labute approximate surface area is 83.9 Å². The van der Waals surface area contributed by atoms with E-state index in [4.69, 9.17) is 4.74 Å². The Morgan fingerprint density at radius 3 is 2.71 bits per heavy atom. The Morgan fingerprint density at radius 2 is 2.21 bits per heavy atom. The number of aromatic nitrogens is 2. The van der Waals surface area contributed by atoms with Crippen LogP contribution in [-0.4, -0.2) is 22.4 Å². The third-order valence-electron chi connectivity index (χ3n) is 1.87. The molecule has 0 aliphatic carbocycles. The normalized spacial score (nSPS) is 11.7. The van der Waals surface area contributed by atoms with Crippen LogP contribution >= 0.6 is 0 Å². The minimum Gasteiger partial charge on any atom is -0.364 e. The van der Waals surface area contributed by atoms with Gasteiger partial charge in [0.15, 0.2) is 5.82 Å². The highest BCUT2D eigenvalue weighted by atomic mass is 16.5. The maximum atomic E-state index is 11.9. The molecular formula is C10H16N2O2. The second-order valence-electron chi connectivity index (χ2n) is 4.22. The number of imidazole rings is 1. The number of methoxy groups -OCH3 is 1. The number of ketones is 1. The fourth-order valence-corrected chi connectivity index (χ4v) is 1.10. The van der Waals surface area contributed by atoms with Crippen molar-refractivity contribution >= 4 is 5.78 Å². The van der Waals surface area contributed by atoms with Crippen LogP contribution in [0.4, 0.5) is 0 Å². The molecule has 0 radical (unpaired) electrons. The lowest BCUT2D eigenvalue weighted by atomic mass is 9.90. The van der Waals surface area contributed by atoms with Gasteiger partial charge in [0.1, 0.15) is 6.73 Å². The summed E-state index contributed by atoms with van der Waals surface area (Å²) in [6.07, 6.45) is 3.35. The van der Waals surface area contributed by atoms with E-state index >= 15 is 0 Å². The second-order valence-corrected chi connectivity index (χ2v) is 4.22. The quantitative estimate of drug-likeness (QED) is 0.691. The average molecular weight is 196 g/mol. The van der Waals surface area contributed by atoms with E-state index in [0.29, 0.717) is 12.6 Å². The molecule has 0 amide bonds. The summed E-state index contributed by atoms with van der Waals surface area (Å²) in [4.78, 5) is 15.9. The number of Topliss-reactive ketones (excluding diaryl/α,β-unsaturated/α-hetero) is 1. The average Bonchev–Trinajstić information content (AvgIpc) is 2.50. The third-order valence-corrected chi connectivity index (χ3v) is 1.87. The first-order valence-corrected chi connectivity index (χ1v) is 4.51. The Hall–Kier alpha value is -1.16. The molecule has 0 atom stereocenters. The number of nitrogens with zero attached hydrogens (tertiary/aromatic N) is 2. The minimum atomic E-state index is -0.406. The van der Waals surface area contributed by atoms with Crippen molar-refractivity contribution in [2.45, 2.75) is 27.5 Å². The van der Waals surface area contributed by atoms with Gasteiger partial charge in [-0.2, -0.15) is 0 Å². The van der Waals surface area contributed by atoms with Crippen LogP contribution in [0.2, 0.25) is 0 Å². The summed E-state index contributed by atoms with van der Waals surface area (Å²) < 4.78 is 6.66. The monoisotopic (exact) mass is 196 g/mol. The maximum absolute atomic E-state index is 11.9. The van der Waals surface area contributed by atoms with Crippen LogP contribution in [0.25, 0.3) is 0 Å². The molecular weight excluding hydrogens is 180 g/mol. The number of carbonyl (C=O) groups is 1. The van der Waals surface area contributed by atoms with E-state index in [0.717, 1.165) is 0 Å². The highest BCUT2D eigenvalue weighted by Crippen LogP contribution is 2.19. The zero-order chi connectivity index (χ0) is 10.8. The molecule has 1 heterocycles. The van der Waals surface area contributed by atoms with Crippen LogP contribution in [-0.2, 0) is 11.5 Å². The molecule has 0 aliphatic rings. The Balaban J connectivity index is 2.95. The van der Waals surface area contributed by atoms with E-state index in [2.05, 4.69) is 4.98 Å². The SMILES string of the molecule is COCn1ccnc1C(=O)C(C)(C)C. The van der Waals surface area contributed by atoms with Gasteiger partial charge >= 0.3 is 0 Å². The van der Waals surface area contributed by atoms with Crippen molar-refractivity contribution in [1.82, 2.24) is 9.55 Å². The van der Waals surface area contributed by atoms with Gasteiger partial charge in [0.05, 0.1) is 0 Å². The van der Waals surface area contributed by atoms with Crippen molar-refractivity contribution in [3.8, 4) is 0 Å². The highest BCUT2D eigenvalue weighted by molar-refractivity contribution is 5.96. The zero-order valence-corrected chi connectivity index (χ0v) is 9.07. The summed E-state index contributed by atoms with van der Waals surface area (Å²) in [5.41, 5.74) is -0.406. The van der Waals surface area contributed by atoms with Gasteiger partial charge in [0.2, 0.25) is 5.78 Å². The molecule has 0 saturated heterocycles. The lowest BCUT2D eigenvalue weighted by Gasteiger charge is -2.16. The Kier molecular flexibility index (Phi) is 3.06. The molecule has 0 N–H and O–H groups in total. The first-order chi connectivity index (χ1) is 6.46. The molecule has 1 rings (SSSR count). The maximum Gasteiger partial charge on any atom is 0.203 e. The molecule has 0 aromatic carbocycles. The highest BCUT2D eigenvalue weighted by Gasteiger charge is 2.26. The van der Waals surface area contributed by atoms with Gasteiger partial charge < -0.3 is 9.30 Å². The molecule has 0 spiro atoms. The molecule has 78 valence electrons. The van der Waals surface area contributed by atoms with Crippen molar-refractivity contribution in [3.63, 3.8) is 0 Å².